The highest BCUT2D eigenvalue weighted by Gasteiger charge is 2.26. The Balaban J connectivity index is 3.04. The van der Waals surface area contributed by atoms with Gasteiger partial charge in [0.05, 0.1) is 5.02 Å². The zero-order chi connectivity index (χ0) is 14.1. The Morgan fingerprint density at radius 3 is 2.44 bits per heavy atom. The molecule has 7 heteroatoms. The highest BCUT2D eigenvalue weighted by Crippen LogP contribution is 2.23. The smallest absolute Gasteiger partial charge is 0.242 e. The minimum Gasteiger partial charge on any atom is -0.382 e. The van der Waals surface area contributed by atoms with Gasteiger partial charge >= 0.3 is 0 Å². The van der Waals surface area contributed by atoms with E-state index in [4.69, 9.17) is 17.3 Å². The number of rotatable bonds is 3. The number of hydrogen-bond acceptors (Lipinski definition) is 4. The second-order valence-electron chi connectivity index (χ2n) is 5.25. The van der Waals surface area contributed by atoms with Gasteiger partial charge in [-0.2, -0.15) is 0 Å². The molecule has 3 N–H and O–H groups in total. The van der Waals surface area contributed by atoms with E-state index in [0.29, 0.717) is 0 Å². The van der Waals surface area contributed by atoms with Crippen molar-refractivity contribution in [1.29, 1.82) is 0 Å². The molecule has 0 spiro atoms. The number of hydrogen-bond donors (Lipinski definition) is 2. The summed E-state index contributed by atoms with van der Waals surface area (Å²) in [6.07, 6.45) is 1.19. The fourth-order valence-corrected chi connectivity index (χ4v) is 2.71. The van der Waals surface area contributed by atoms with E-state index < -0.39 is 10.0 Å². The van der Waals surface area contributed by atoms with E-state index in [9.17, 15) is 8.42 Å². The molecule has 18 heavy (non-hydrogen) atoms. The quantitative estimate of drug-likeness (QED) is 0.892. The predicted octanol–water partition coefficient (Wildman–Crippen LogP) is 2.03. The molecule has 1 aromatic rings. The van der Waals surface area contributed by atoms with Crippen LogP contribution in [0.5, 0.6) is 0 Å². The molecule has 1 atom stereocenters. The third-order valence-corrected chi connectivity index (χ3v) is 4.60. The summed E-state index contributed by atoms with van der Waals surface area (Å²) in [7, 11) is -3.63. The van der Waals surface area contributed by atoms with Crippen LogP contribution in [0.15, 0.2) is 17.2 Å². The van der Waals surface area contributed by atoms with Crippen LogP contribution in [0.1, 0.15) is 27.7 Å². The van der Waals surface area contributed by atoms with E-state index in [2.05, 4.69) is 9.71 Å². The molecule has 0 radical (unpaired) electrons. The number of sulfonamides is 1. The fraction of sp³-hybridized carbons (Fsp3) is 0.545. The molecule has 0 aromatic carbocycles. The lowest BCUT2D eigenvalue weighted by atomic mass is 9.89. The van der Waals surface area contributed by atoms with E-state index in [0.717, 1.165) is 0 Å². The lowest BCUT2D eigenvalue weighted by molar-refractivity contribution is 0.317. The summed E-state index contributed by atoms with van der Waals surface area (Å²) in [5.41, 5.74) is 5.26. The summed E-state index contributed by atoms with van der Waals surface area (Å²) in [4.78, 5) is 3.75. The minimum atomic E-state index is -3.63. The first-order valence-electron chi connectivity index (χ1n) is 5.47. The van der Waals surface area contributed by atoms with Gasteiger partial charge in [-0.15, -0.1) is 0 Å². The largest absolute Gasteiger partial charge is 0.382 e. The molecule has 1 heterocycles. The zero-order valence-corrected chi connectivity index (χ0v) is 12.4. The predicted molar refractivity (Wildman–Crippen MR) is 72.9 cm³/mol. The average Bonchev–Trinajstić information content (AvgIpc) is 2.19. The van der Waals surface area contributed by atoms with Crippen LogP contribution >= 0.6 is 11.6 Å². The molecule has 0 aliphatic rings. The van der Waals surface area contributed by atoms with Crippen molar-refractivity contribution in [3.63, 3.8) is 0 Å². The average molecular weight is 292 g/mol. The van der Waals surface area contributed by atoms with Crippen LogP contribution in [0.4, 0.5) is 5.82 Å². The summed E-state index contributed by atoms with van der Waals surface area (Å²) in [6, 6.07) is 1.07. The van der Waals surface area contributed by atoms with Crippen molar-refractivity contribution in [3.8, 4) is 0 Å². The van der Waals surface area contributed by atoms with Gasteiger partial charge in [-0.1, -0.05) is 32.4 Å². The second kappa shape index (κ2) is 5.03. The highest BCUT2D eigenvalue weighted by atomic mass is 35.5. The standard InChI is InChI=1S/C11H18ClN3O2S/c1-7(11(2,3)4)15-18(16,17)8-5-9(12)10(13)14-6-8/h5-7,15H,1-4H3,(H2,13,14). The Labute approximate surface area is 113 Å². The monoisotopic (exact) mass is 291 g/mol. The molecule has 1 aromatic heterocycles. The molecule has 0 amide bonds. The SMILES string of the molecule is CC(NS(=O)(=O)c1cnc(N)c(Cl)c1)C(C)(C)C. The van der Waals surface area contributed by atoms with Crippen LogP contribution in [-0.2, 0) is 10.0 Å². The maximum absolute atomic E-state index is 12.1. The van der Waals surface area contributed by atoms with E-state index in [1.807, 2.05) is 27.7 Å². The van der Waals surface area contributed by atoms with Gasteiger partial charge < -0.3 is 5.73 Å². The number of nitrogen functional groups attached to an aromatic ring is 1. The van der Waals surface area contributed by atoms with Crippen LogP contribution < -0.4 is 10.5 Å². The van der Waals surface area contributed by atoms with Crippen molar-refractivity contribution in [3.05, 3.63) is 17.3 Å². The summed E-state index contributed by atoms with van der Waals surface area (Å²) in [6.45, 7) is 7.67. The Bertz CT molecular complexity index is 538. The van der Waals surface area contributed by atoms with E-state index in [1.54, 1.807) is 0 Å². The normalized spacial score (nSPS) is 14.5. The molecule has 1 unspecified atom stereocenters. The first kappa shape index (κ1) is 15.2. The van der Waals surface area contributed by atoms with Crippen molar-refractivity contribution in [2.75, 3.05) is 5.73 Å². The summed E-state index contributed by atoms with van der Waals surface area (Å²) in [5, 5.41) is 0.126. The molecule has 1 rings (SSSR count). The molecule has 102 valence electrons. The van der Waals surface area contributed by atoms with E-state index in [-0.39, 0.29) is 27.2 Å². The molecule has 0 aliphatic carbocycles. The van der Waals surface area contributed by atoms with Gasteiger partial charge in [0.2, 0.25) is 10.0 Å². The number of pyridine rings is 1. The molecule has 0 bridgehead atoms. The molecular formula is C11H18ClN3O2S. The Kier molecular flexibility index (Phi) is 4.25. The molecule has 0 fully saturated rings. The number of aromatic nitrogens is 1. The maximum Gasteiger partial charge on any atom is 0.242 e. The third kappa shape index (κ3) is 3.57. The fourth-order valence-electron chi connectivity index (χ4n) is 1.06. The summed E-state index contributed by atoms with van der Waals surface area (Å²) < 4.78 is 26.8. The zero-order valence-electron chi connectivity index (χ0n) is 10.9. The Morgan fingerprint density at radius 1 is 1.44 bits per heavy atom. The van der Waals surface area contributed by atoms with Gasteiger partial charge in [0, 0.05) is 12.2 Å². The molecule has 0 aliphatic heterocycles. The van der Waals surface area contributed by atoms with Crippen LogP contribution in [0.25, 0.3) is 0 Å². The van der Waals surface area contributed by atoms with Gasteiger partial charge in [0.15, 0.2) is 0 Å². The van der Waals surface area contributed by atoms with Gasteiger partial charge in [-0.25, -0.2) is 18.1 Å². The lowest BCUT2D eigenvalue weighted by Crippen LogP contribution is -2.41. The highest BCUT2D eigenvalue weighted by molar-refractivity contribution is 7.89. The first-order chi connectivity index (χ1) is 8.04. The van der Waals surface area contributed by atoms with Crippen molar-refractivity contribution in [1.82, 2.24) is 9.71 Å². The lowest BCUT2D eigenvalue weighted by Gasteiger charge is -2.27. The molecule has 0 saturated heterocycles. The van der Waals surface area contributed by atoms with Gasteiger partial charge in [-0.3, -0.25) is 0 Å². The minimum absolute atomic E-state index is 0.0119. The number of nitrogens with one attached hydrogen (secondary N) is 1. The number of halogens is 1. The first-order valence-corrected chi connectivity index (χ1v) is 7.33. The summed E-state index contributed by atoms with van der Waals surface area (Å²) >= 11 is 5.77. The van der Waals surface area contributed by atoms with E-state index in [1.165, 1.54) is 12.3 Å². The van der Waals surface area contributed by atoms with Crippen molar-refractivity contribution in [2.24, 2.45) is 5.41 Å². The van der Waals surface area contributed by atoms with Crippen LogP contribution in [0.3, 0.4) is 0 Å². The van der Waals surface area contributed by atoms with Gasteiger partial charge in [0.25, 0.3) is 0 Å². The molecular weight excluding hydrogens is 274 g/mol. The van der Waals surface area contributed by atoms with Crippen LogP contribution in [0.2, 0.25) is 5.02 Å². The second-order valence-corrected chi connectivity index (χ2v) is 7.37. The third-order valence-electron chi connectivity index (χ3n) is 2.79. The van der Waals surface area contributed by atoms with Crippen molar-refractivity contribution < 1.29 is 8.42 Å². The van der Waals surface area contributed by atoms with Crippen LogP contribution in [-0.4, -0.2) is 19.4 Å². The maximum atomic E-state index is 12.1. The van der Waals surface area contributed by atoms with Crippen LogP contribution in [0, 0.1) is 5.41 Å². The number of nitrogens with two attached hydrogens (primary N) is 1. The molecule has 5 nitrogen and oxygen atoms in total. The Morgan fingerprint density at radius 2 is 2.00 bits per heavy atom. The topological polar surface area (TPSA) is 85.1 Å². The van der Waals surface area contributed by atoms with Crippen molar-refractivity contribution >= 4 is 27.4 Å². The van der Waals surface area contributed by atoms with Crippen molar-refractivity contribution in [2.45, 2.75) is 38.6 Å². The van der Waals surface area contributed by atoms with Gasteiger partial charge in [-0.05, 0) is 18.4 Å². The van der Waals surface area contributed by atoms with Gasteiger partial charge in [0.1, 0.15) is 10.7 Å². The summed E-state index contributed by atoms with van der Waals surface area (Å²) in [5.74, 6) is 0.111. The van der Waals surface area contributed by atoms with E-state index >= 15 is 0 Å². The Hall–Kier alpha value is -0.850. The molecule has 0 saturated carbocycles. The number of nitrogens with zero attached hydrogens (tertiary/aromatic N) is 1. The number of anilines is 1.